The number of hydrogen-bond acceptors (Lipinski definition) is 4. The van der Waals surface area contributed by atoms with E-state index in [9.17, 15) is 19.8 Å². The van der Waals surface area contributed by atoms with E-state index in [0.29, 0.717) is 12.8 Å². The van der Waals surface area contributed by atoms with Crippen molar-refractivity contribution in [3.63, 3.8) is 0 Å². The van der Waals surface area contributed by atoms with Gasteiger partial charge in [0.2, 0.25) is 0 Å². The first-order chi connectivity index (χ1) is 17.9. The molecule has 4 bridgehead atoms. The SMILES string of the molecule is O=C1CCC(=O)C1c1ccc2cc(-c3ccc(C(O)CO)c(C45CC6CC(CC(C6)C4)C5)c3)ccc2c1. The summed E-state index contributed by atoms with van der Waals surface area (Å²) in [5.74, 6) is 1.84. The van der Waals surface area contributed by atoms with Gasteiger partial charge in [0, 0.05) is 12.8 Å². The Bertz CT molecular complexity index is 1370. The van der Waals surface area contributed by atoms with Gasteiger partial charge in [0.15, 0.2) is 0 Å². The predicted molar refractivity (Wildman–Crippen MR) is 143 cm³/mol. The molecule has 190 valence electrons. The summed E-state index contributed by atoms with van der Waals surface area (Å²) in [7, 11) is 0. The van der Waals surface area contributed by atoms with Crippen molar-refractivity contribution in [3.8, 4) is 11.1 Å². The number of hydrogen-bond donors (Lipinski definition) is 2. The minimum atomic E-state index is -0.854. The third kappa shape index (κ3) is 3.80. The van der Waals surface area contributed by atoms with E-state index in [4.69, 9.17) is 0 Å². The first-order valence-electron chi connectivity index (χ1n) is 14.0. The lowest BCUT2D eigenvalue weighted by atomic mass is 9.47. The molecule has 5 saturated carbocycles. The smallest absolute Gasteiger partial charge is 0.148 e. The molecule has 5 aliphatic carbocycles. The zero-order valence-corrected chi connectivity index (χ0v) is 21.2. The lowest BCUT2D eigenvalue weighted by Crippen LogP contribution is -2.49. The Morgan fingerprint density at radius 3 is 1.97 bits per heavy atom. The molecule has 0 aromatic heterocycles. The Morgan fingerprint density at radius 2 is 1.32 bits per heavy atom. The standard InChI is InChI=1S/C33H34O4/c34-18-31(37)27-6-5-25(14-28(27)33-15-19-9-20(16-33)11-21(10-19)17-33)23-1-2-24-13-26(4-3-22(24)12-23)32-29(35)7-8-30(32)36/h1-6,12-14,19-21,31-32,34,37H,7-11,15-18H2. The van der Waals surface area contributed by atoms with Crippen molar-refractivity contribution in [2.45, 2.75) is 68.8 Å². The maximum absolute atomic E-state index is 12.3. The molecular formula is C33H34O4. The number of aliphatic hydroxyl groups is 2. The van der Waals surface area contributed by atoms with Gasteiger partial charge in [0.1, 0.15) is 23.6 Å². The Hall–Kier alpha value is -2.82. The van der Waals surface area contributed by atoms with Crippen molar-refractivity contribution in [3.05, 3.63) is 71.3 Å². The molecule has 1 atom stereocenters. The minimum absolute atomic E-state index is 0.0309. The van der Waals surface area contributed by atoms with Crippen LogP contribution in [0.4, 0.5) is 0 Å². The van der Waals surface area contributed by atoms with Crippen LogP contribution in [0.1, 0.15) is 80.1 Å². The normalized spacial score (nSPS) is 29.9. The second kappa shape index (κ2) is 8.61. The summed E-state index contributed by atoms with van der Waals surface area (Å²) in [4.78, 5) is 24.5. The Kier molecular flexibility index (Phi) is 5.42. The van der Waals surface area contributed by atoms with E-state index >= 15 is 0 Å². The average Bonchev–Trinajstić information content (AvgIpc) is 3.24. The first-order valence-corrected chi connectivity index (χ1v) is 14.0. The molecular weight excluding hydrogens is 460 g/mol. The molecule has 3 aromatic carbocycles. The molecule has 0 aliphatic heterocycles. The fourth-order valence-corrected chi connectivity index (χ4v) is 8.73. The van der Waals surface area contributed by atoms with Gasteiger partial charge in [-0.3, -0.25) is 9.59 Å². The Morgan fingerprint density at radius 1 is 0.757 bits per heavy atom. The number of rotatable bonds is 5. The number of aliphatic hydroxyl groups excluding tert-OH is 2. The van der Waals surface area contributed by atoms with Gasteiger partial charge in [0.25, 0.3) is 0 Å². The van der Waals surface area contributed by atoms with Gasteiger partial charge >= 0.3 is 0 Å². The number of Topliss-reactive ketones (excluding diaryl/α,β-unsaturated/α-hetero) is 2. The van der Waals surface area contributed by atoms with E-state index in [1.54, 1.807) is 0 Å². The van der Waals surface area contributed by atoms with E-state index < -0.39 is 12.0 Å². The maximum Gasteiger partial charge on any atom is 0.148 e. The molecule has 8 rings (SSSR count). The van der Waals surface area contributed by atoms with Gasteiger partial charge in [-0.15, -0.1) is 0 Å². The first kappa shape index (κ1) is 23.3. The third-order valence-electron chi connectivity index (χ3n) is 9.99. The molecule has 4 heteroatoms. The molecule has 0 heterocycles. The highest BCUT2D eigenvalue weighted by Gasteiger charge is 2.52. The van der Waals surface area contributed by atoms with E-state index in [2.05, 4.69) is 30.3 Å². The largest absolute Gasteiger partial charge is 0.393 e. The number of benzene rings is 3. The molecule has 0 saturated heterocycles. The van der Waals surface area contributed by atoms with Crippen LogP contribution < -0.4 is 0 Å². The predicted octanol–water partition coefficient (Wildman–Crippen LogP) is 6.02. The van der Waals surface area contributed by atoms with Crippen molar-refractivity contribution in [2.24, 2.45) is 17.8 Å². The number of carbonyl (C=O) groups excluding carboxylic acids is 2. The fraction of sp³-hybridized carbons (Fsp3) is 0.455. The number of carbonyl (C=O) groups is 2. The quantitative estimate of drug-likeness (QED) is 0.426. The zero-order chi connectivity index (χ0) is 25.3. The summed E-state index contributed by atoms with van der Waals surface area (Å²) in [5.41, 5.74) is 5.31. The minimum Gasteiger partial charge on any atom is -0.393 e. The maximum atomic E-state index is 12.3. The molecule has 0 spiro atoms. The Balaban J connectivity index is 1.28. The highest BCUT2D eigenvalue weighted by Crippen LogP contribution is 2.61. The van der Waals surface area contributed by atoms with Crippen molar-refractivity contribution in [1.29, 1.82) is 0 Å². The van der Waals surface area contributed by atoms with E-state index in [0.717, 1.165) is 50.8 Å². The molecule has 1 unspecified atom stereocenters. The molecule has 5 aliphatic rings. The fourth-order valence-electron chi connectivity index (χ4n) is 8.73. The molecule has 2 N–H and O–H groups in total. The van der Waals surface area contributed by atoms with Crippen LogP contribution in [-0.2, 0) is 15.0 Å². The molecule has 0 amide bonds. The molecule has 0 radical (unpaired) electrons. The van der Waals surface area contributed by atoms with E-state index in [1.807, 2.05) is 24.3 Å². The summed E-state index contributed by atoms with van der Waals surface area (Å²) in [6.45, 7) is -0.261. The van der Waals surface area contributed by atoms with Crippen LogP contribution in [0.5, 0.6) is 0 Å². The van der Waals surface area contributed by atoms with Gasteiger partial charge in [-0.1, -0.05) is 42.5 Å². The second-order valence-corrected chi connectivity index (χ2v) is 12.4. The highest BCUT2D eigenvalue weighted by molar-refractivity contribution is 6.13. The summed E-state index contributed by atoms with van der Waals surface area (Å²) in [6.07, 6.45) is 7.55. The van der Waals surface area contributed by atoms with Gasteiger partial charge < -0.3 is 10.2 Å². The molecule has 37 heavy (non-hydrogen) atoms. The van der Waals surface area contributed by atoms with Crippen LogP contribution in [0.25, 0.3) is 21.9 Å². The van der Waals surface area contributed by atoms with Gasteiger partial charge in [0.05, 0.1) is 6.61 Å². The summed E-state index contributed by atoms with van der Waals surface area (Å²) in [6, 6.07) is 18.7. The molecule has 5 fully saturated rings. The highest BCUT2D eigenvalue weighted by atomic mass is 16.3. The second-order valence-electron chi connectivity index (χ2n) is 12.4. The monoisotopic (exact) mass is 494 g/mol. The zero-order valence-electron chi connectivity index (χ0n) is 21.2. The number of ketones is 2. The number of fused-ring (bicyclic) bond motifs is 1. The van der Waals surface area contributed by atoms with Crippen molar-refractivity contribution < 1.29 is 19.8 Å². The van der Waals surface area contributed by atoms with Gasteiger partial charge in [-0.2, -0.15) is 0 Å². The summed E-state index contributed by atoms with van der Waals surface area (Å²) < 4.78 is 0. The Labute approximate surface area is 217 Å². The molecule has 3 aromatic rings. The van der Waals surface area contributed by atoms with Crippen LogP contribution in [-0.4, -0.2) is 28.4 Å². The van der Waals surface area contributed by atoms with Crippen LogP contribution >= 0.6 is 0 Å². The van der Waals surface area contributed by atoms with Crippen LogP contribution in [0, 0.1) is 17.8 Å². The van der Waals surface area contributed by atoms with Crippen LogP contribution in [0.15, 0.2) is 54.6 Å². The average molecular weight is 495 g/mol. The van der Waals surface area contributed by atoms with E-state index in [-0.39, 0.29) is 23.6 Å². The van der Waals surface area contributed by atoms with Gasteiger partial charge in [-0.05, 0) is 112 Å². The lowest BCUT2D eigenvalue weighted by Gasteiger charge is -2.57. The van der Waals surface area contributed by atoms with Crippen molar-refractivity contribution in [2.75, 3.05) is 6.61 Å². The van der Waals surface area contributed by atoms with Crippen molar-refractivity contribution >= 4 is 22.3 Å². The third-order valence-corrected chi connectivity index (χ3v) is 9.99. The van der Waals surface area contributed by atoms with Gasteiger partial charge in [-0.25, -0.2) is 0 Å². The summed E-state index contributed by atoms with van der Waals surface area (Å²) in [5, 5.41) is 22.7. The van der Waals surface area contributed by atoms with E-state index in [1.165, 1.54) is 44.1 Å². The topological polar surface area (TPSA) is 74.6 Å². The molecule has 4 nitrogen and oxygen atoms in total. The van der Waals surface area contributed by atoms with Crippen molar-refractivity contribution in [1.82, 2.24) is 0 Å². The summed E-state index contributed by atoms with van der Waals surface area (Å²) >= 11 is 0. The lowest BCUT2D eigenvalue weighted by molar-refractivity contribution is -0.123. The van der Waals surface area contributed by atoms with Crippen LogP contribution in [0.3, 0.4) is 0 Å². The van der Waals surface area contributed by atoms with Crippen LogP contribution in [0.2, 0.25) is 0 Å².